The molecule has 0 aliphatic carbocycles. The fourth-order valence-corrected chi connectivity index (χ4v) is 1.96. The summed E-state index contributed by atoms with van der Waals surface area (Å²) in [7, 11) is 0. The third-order valence-electron chi connectivity index (χ3n) is 2.92. The van der Waals surface area contributed by atoms with Crippen LogP contribution in [0.2, 0.25) is 0 Å². The van der Waals surface area contributed by atoms with Crippen molar-refractivity contribution in [1.29, 1.82) is 0 Å². The summed E-state index contributed by atoms with van der Waals surface area (Å²) in [5.74, 6) is -1.62. The molecule has 0 bridgehead atoms. The summed E-state index contributed by atoms with van der Waals surface area (Å²) < 4.78 is 5.16. The van der Waals surface area contributed by atoms with E-state index in [-0.39, 0.29) is 6.54 Å². The lowest BCUT2D eigenvalue weighted by atomic mass is 10.2. The van der Waals surface area contributed by atoms with Crippen LogP contribution in [0.3, 0.4) is 0 Å². The summed E-state index contributed by atoms with van der Waals surface area (Å²) in [4.78, 5) is 38.3. The number of hydrogen-bond donors (Lipinski definition) is 0. The molecule has 0 aromatic carbocycles. The molecule has 1 fully saturated rings. The van der Waals surface area contributed by atoms with Gasteiger partial charge in [0, 0.05) is 19.6 Å². The number of nitrogens with zero attached hydrogens (tertiary/aromatic N) is 2. The topological polar surface area (TPSA) is 66.9 Å². The first kappa shape index (κ1) is 16.5. The highest BCUT2D eigenvalue weighted by molar-refractivity contribution is 6.35. The Bertz CT molecular complexity index is 387. The quantitative estimate of drug-likeness (QED) is 0.553. The van der Waals surface area contributed by atoms with Crippen molar-refractivity contribution < 1.29 is 19.1 Å². The summed E-state index contributed by atoms with van der Waals surface area (Å²) >= 11 is 0. The molecule has 1 aliphatic heterocycles. The molecule has 0 atom stereocenters. The van der Waals surface area contributed by atoms with Gasteiger partial charge in [0.05, 0.1) is 0 Å². The maximum Gasteiger partial charge on any atom is 0.326 e. The SMILES string of the molecule is CCCCN1CCN(CC(=O)OC(C)(C)C)C(=O)C1=O. The molecule has 0 radical (unpaired) electrons. The summed E-state index contributed by atoms with van der Waals surface area (Å²) in [6, 6.07) is 0. The Balaban J connectivity index is 2.53. The minimum absolute atomic E-state index is 0.163. The zero-order chi connectivity index (χ0) is 15.3. The zero-order valence-corrected chi connectivity index (χ0v) is 12.8. The van der Waals surface area contributed by atoms with E-state index in [1.165, 1.54) is 4.90 Å². The average molecular weight is 284 g/mol. The molecule has 1 heterocycles. The lowest BCUT2D eigenvalue weighted by molar-refractivity contribution is -0.164. The van der Waals surface area contributed by atoms with E-state index < -0.39 is 23.4 Å². The molecule has 0 N–H and O–H groups in total. The molecule has 1 aliphatic rings. The molecule has 0 saturated carbocycles. The molecule has 0 spiro atoms. The van der Waals surface area contributed by atoms with E-state index in [2.05, 4.69) is 0 Å². The molecule has 2 amide bonds. The van der Waals surface area contributed by atoms with Crippen molar-refractivity contribution in [1.82, 2.24) is 9.80 Å². The van der Waals surface area contributed by atoms with Crippen molar-refractivity contribution in [2.24, 2.45) is 0 Å². The fourth-order valence-electron chi connectivity index (χ4n) is 1.96. The van der Waals surface area contributed by atoms with Crippen molar-refractivity contribution in [3.63, 3.8) is 0 Å². The summed E-state index contributed by atoms with van der Waals surface area (Å²) in [5, 5.41) is 0. The monoisotopic (exact) mass is 284 g/mol. The van der Waals surface area contributed by atoms with Gasteiger partial charge in [0.2, 0.25) is 0 Å². The Morgan fingerprint density at radius 1 is 1.15 bits per heavy atom. The molecule has 0 aromatic rings. The van der Waals surface area contributed by atoms with Gasteiger partial charge in [0.1, 0.15) is 12.1 Å². The predicted octanol–water partition coefficient (Wildman–Crippen LogP) is 0.799. The third-order valence-corrected chi connectivity index (χ3v) is 2.92. The lowest BCUT2D eigenvalue weighted by Gasteiger charge is -2.33. The Kier molecular flexibility index (Phi) is 5.53. The molecular weight excluding hydrogens is 260 g/mol. The minimum atomic E-state index is -0.613. The van der Waals surface area contributed by atoms with Crippen molar-refractivity contribution in [3.05, 3.63) is 0 Å². The van der Waals surface area contributed by atoms with Gasteiger partial charge in [-0.25, -0.2) is 0 Å². The van der Waals surface area contributed by atoms with Crippen LogP contribution in [0.4, 0.5) is 0 Å². The zero-order valence-electron chi connectivity index (χ0n) is 12.8. The minimum Gasteiger partial charge on any atom is -0.459 e. The Labute approximate surface area is 120 Å². The van der Waals surface area contributed by atoms with Gasteiger partial charge in [0.15, 0.2) is 0 Å². The normalized spacial score (nSPS) is 16.6. The van der Waals surface area contributed by atoms with Gasteiger partial charge in [-0.3, -0.25) is 14.4 Å². The molecular formula is C14H24N2O4. The third kappa shape index (κ3) is 4.83. The number of hydrogen-bond acceptors (Lipinski definition) is 4. The van der Waals surface area contributed by atoms with Crippen LogP contribution < -0.4 is 0 Å². The Morgan fingerprint density at radius 3 is 2.25 bits per heavy atom. The highest BCUT2D eigenvalue weighted by Crippen LogP contribution is 2.10. The fraction of sp³-hybridized carbons (Fsp3) is 0.786. The molecule has 6 nitrogen and oxygen atoms in total. The molecule has 1 rings (SSSR count). The maximum atomic E-state index is 11.9. The van der Waals surface area contributed by atoms with Crippen molar-refractivity contribution in [3.8, 4) is 0 Å². The van der Waals surface area contributed by atoms with Crippen molar-refractivity contribution in [2.75, 3.05) is 26.2 Å². The first-order valence-corrected chi connectivity index (χ1v) is 7.04. The molecule has 0 unspecified atom stereocenters. The number of carbonyl (C=O) groups is 3. The highest BCUT2D eigenvalue weighted by atomic mass is 16.6. The van der Waals surface area contributed by atoms with Crippen LogP contribution in [-0.2, 0) is 19.1 Å². The molecule has 20 heavy (non-hydrogen) atoms. The molecule has 114 valence electrons. The number of esters is 1. The van der Waals surface area contributed by atoms with Gasteiger partial charge in [-0.1, -0.05) is 13.3 Å². The summed E-state index contributed by atoms with van der Waals surface area (Å²) in [5.41, 5.74) is -0.590. The van der Waals surface area contributed by atoms with E-state index in [4.69, 9.17) is 4.74 Å². The first-order valence-electron chi connectivity index (χ1n) is 7.04. The van der Waals surface area contributed by atoms with E-state index in [1.807, 2.05) is 6.92 Å². The van der Waals surface area contributed by atoms with E-state index in [1.54, 1.807) is 25.7 Å². The first-order chi connectivity index (χ1) is 9.24. The van der Waals surface area contributed by atoms with E-state index in [0.717, 1.165) is 12.8 Å². The standard InChI is InChI=1S/C14H24N2O4/c1-5-6-7-15-8-9-16(13(19)12(15)18)10-11(17)20-14(2,3)4/h5-10H2,1-4H3. The van der Waals surface area contributed by atoms with Gasteiger partial charge in [-0.15, -0.1) is 0 Å². The Morgan fingerprint density at radius 2 is 1.70 bits per heavy atom. The van der Waals surface area contributed by atoms with Gasteiger partial charge in [-0.2, -0.15) is 0 Å². The largest absolute Gasteiger partial charge is 0.459 e. The Hall–Kier alpha value is -1.59. The second-order valence-corrected chi connectivity index (χ2v) is 5.96. The van der Waals surface area contributed by atoms with Crippen LogP contribution in [0.1, 0.15) is 40.5 Å². The van der Waals surface area contributed by atoms with Crippen LogP contribution in [0.15, 0.2) is 0 Å². The van der Waals surface area contributed by atoms with Gasteiger partial charge >= 0.3 is 17.8 Å². The number of amides is 2. The smallest absolute Gasteiger partial charge is 0.326 e. The van der Waals surface area contributed by atoms with Crippen LogP contribution in [0, 0.1) is 0 Å². The van der Waals surface area contributed by atoms with E-state index >= 15 is 0 Å². The second kappa shape index (κ2) is 6.72. The molecule has 1 saturated heterocycles. The van der Waals surface area contributed by atoms with Gasteiger partial charge in [0.25, 0.3) is 0 Å². The number of unbranched alkanes of at least 4 members (excludes halogenated alkanes) is 1. The lowest BCUT2D eigenvalue weighted by Crippen LogP contribution is -2.55. The summed E-state index contributed by atoms with van der Waals surface area (Å²) in [6.45, 7) is 8.62. The van der Waals surface area contributed by atoms with Gasteiger partial charge in [-0.05, 0) is 27.2 Å². The maximum absolute atomic E-state index is 11.9. The second-order valence-electron chi connectivity index (χ2n) is 5.96. The average Bonchev–Trinajstić information content (AvgIpc) is 2.32. The molecule has 6 heteroatoms. The van der Waals surface area contributed by atoms with Crippen molar-refractivity contribution >= 4 is 17.8 Å². The number of ether oxygens (including phenoxy) is 1. The number of carbonyl (C=O) groups excluding carboxylic acids is 3. The summed E-state index contributed by atoms with van der Waals surface area (Å²) in [6.07, 6.45) is 1.85. The predicted molar refractivity (Wildman–Crippen MR) is 73.9 cm³/mol. The van der Waals surface area contributed by atoms with Crippen LogP contribution in [0.25, 0.3) is 0 Å². The van der Waals surface area contributed by atoms with Gasteiger partial charge < -0.3 is 14.5 Å². The van der Waals surface area contributed by atoms with E-state index in [9.17, 15) is 14.4 Å². The number of piperazine rings is 1. The van der Waals surface area contributed by atoms with Crippen LogP contribution >= 0.6 is 0 Å². The number of rotatable bonds is 5. The van der Waals surface area contributed by atoms with Crippen LogP contribution in [0.5, 0.6) is 0 Å². The molecule has 0 aromatic heterocycles. The van der Waals surface area contributed by atoms with Crippen molar-refractivity contribution in [2.45, 2.75) is 46.1 Å². The van der Waals surface area contributed by atoms with E-state index in [0.29, 0.717) is 19.6 Å². The highest BCUT2D eigenvalue weighted by Gasteiger charge is 2.33. The van der Waals surface area contributed by atoms with Crippen LogP contribution in [-0.4, -0.2) is 59.4 Å².